The maximum atomic E-state index is 4.63. The maximum Gasteiger partial charge on any atom is 0.0907 e. The molecule has 0 amide bonds. The molecule has 1 nitrogen and oxygen atoms in total. The predicted octanol–water partition coefficient (Wildman–Crippen LogP) is 4.58. The maximum absolute atomic E-state index is 4.63. The molecule has 2 aromatic rings. The number of hydrogen-bond acceptors (Lipinski definition) is 2. The molecule has 1 aromatic heterocycles. The lowest BCUT2D eigenvalue weighted by Gasteiger charge is -2.17. The summed E-state index contributed by atoms with van der Waals surface area (Å²) in [5.41, 5.74) is 3.01. The highest BCUT2D eigenvalue weighted by Crippen LogP contribution is 2.28. The average molecular weight is 233 g/mol. The first-order valence-electron chi connectivity index (χ1n) is 5.81. The molecule has 0 aliphatic rings. The first kappa shape index (κ1) is 11.6. The molecule has 0 spiro atoms. The van der Waals surface area contributed by atoms with E-state index in [0.717, 1.165) is 6.42 Å². The molecule has 1 heterocycles. The van der Waals surface area contributed by atoms with Crippen LogP contribution in [-0.2, 0) is 6.42 Å². The second-order valence-electron chi connectivity index (χ2n) is 5.56. The number of fused-ring (bicyclic) bond motifs is 1. The van der Waals surface area contributed by atoms with Crippen LogP contribution in [0.1, 0.15) is 37.8 Å². The van der Waals surface area contributed by atoms with Gasteiger partial charge in [-0.1, -0.05) is 32.9 Å². The van der Waals surface area contributed by atoms with Crippen molar-refractivity contribution in [3.05, 3.63) is 28.8 Å². The quantitative estimate of drug-likeness (QED) is 0.739. The molecule has 0 bridgehead atoms. The van der Waals surface area contributed by atoms with E-state index in [-0.39, 0.29) is 0 Å². The number of aryl methyl sites for hydroxylation is 2. The minimum absolute atomic E-state index is 0.396. The Hall–Kier alpha value is -0.890. The Bertz CT molecular complexity index is 491. The fourth-order valence-electron chi connectivity index (χ4n) is 1.83. The highest BCUT2D eigenvalue weighted by atomic mass is 32.1. The number of aromatic nitrogens is 1. The normalized spacial score (nSPS) is 12.2. The second-order valence-corrected chi connectivity index (χ2v) is 6.79. The summed E-state index contributed by atoms with van der Waals surface area (Å²) in [5.74, 6) is 0. The van der Waals surface area contributed by atoms with E-state index in [4.69, 9.17) is 0 Å². The van der Waals surface area contributed by atoms with Crippen LogP contribution < -0.4 is 0 Å². The van der Waals surface area contributed by atoms with Gasteiger partial charge in [0.05, 0.1) is 15.2 Å². The standard InChI is InChI=1S/C14H19NS/c1-10-15-13-11(8-9-14(2,3)4)6-5-7-12(13)16-10/h5-7H,8-9H2,1-4H3. The molecule has 0 saturated carbocycles. The van der Waals surface area contributed by atoms with Gasteiger partial charge in [0.15, 0.2) is 0 Å². The first-order valence-corrected chi connectivity index (χ1v) is 6.62. The molecule has 0 aliphatic heterocycles. The monoisotopic (exact) mass is 233 g/mol. The van der Waals surface area contributed by atoms with Gasteiger partial charge < -0.3 is 0 Å². The van der Waals surface area contributed by atoms with Gasteiger partial charge in [0, 0.05) is 0 Å². The number of rotatable bonds is 2. The Morgan fingerprint density at radius 3 is 2.69 bits per heavy atom. The van der Waals surface area contributed by atoms with Gasteiger partial charge in [-0.05, 0) is 36.8 Å². The van der Waals surface area contributed by atoms with Gasteiger partial charge in [-0.15, -0.1) is 11.3 Å². The van der Waals surface area contributed by atoms with E-state index < -0.39 is 0 Å². The SMILES string of the molecule is Cc1nc2c(CCC(C)(C)C)cccc2s1. The third-order valence-electron chi connectivity index (χ3n) is 2.75. The first-order chi connectivity index (χ1) is 7.46. The second kappa shape index (κ2) is 4.17. The van der Waals surface area contributed by atoms with E-state index in [2.05, 4.69) is 50.9 Å². The molecule has 0 unspecified atom stereocenters. The van der Waals surface area contributed by atoms with Crippen LogP contribution in [-0.4, -0.2) is 4.98 Å². The van der Waals surface area contributed by atoms with E-state index in [1.54, 1.807) is 11.3 Å². The minimum Gasteiger partial charge on any atom is -0.241 e. The molecule has 0 N–H and O–H groups in total. The number of hydrogen-bond donors (Lipinski definition) is 0. The van der Waals surface area contributed by atoms with E-state index in [0.29, 0.717) is 5.41 Å². The van der Waals surface area contributed by atoms with Crippen LogP contribution >= 0.6 is 11.3 Å². The molecule has 2 rings (SSSR count). The molecule has 86 valence electrons. The van der Waals surface area contributed by atoms with Gasteiger partial charge in [0.25, 0.3) is 0 Å². The summed E-state index contributed by atoms with van der Waals surface area (Å²) in [7, 11) is 0. The zero-order chi connectivity index (χ0) is 11.8. The van der Waals surface area contributed by atoms with Crippen molar-refractivity contribution in [1.29, 1.82) is 0 Å². The molecule has 0 fully saturated rings. The van der Waals surface area contributed by atoms with Crippen LogP contribution in [0.5, 0.6) is 0 Å². The third-order valence-corrected chi connectivity index (χ3v) is 3.69. The molecule has 0 saturated heterocycles. The van der Waals surface area contributed by atoms with E-state index in [1.165, 1.54) is 27.2 Å². The Morgan fingerprint density at radius 1 is 1.25 bits per heavy atom. The number of nitrogens with zero attached hydrogens (tertiary/aromatic N) is 1. The van der Waals surface area contributed by atoms with Crippen molar-refractivity contribution in [3.63, 3.8) is 0 Å². The third kappa shape index (κ3) is 2.62. The van der Waals surface area contributed by atoms with Crippen molar-refractivity contribution in [2.75, 3.05) is 0 Å². The van der Waals surface area contributed by atoms with E-state index in [1.807, 2.05) is 0 Å². The minimum atomic E-state index is 0.396. The van der Waals surface area contributed by atoms with Crippen molar-refractivity contribution in [2.24, 2.45) is 5.41 Å². The number of benzene rings is 1. The smallest absolute Gasteiger partial charge is 0.0907 e. The summed E-state index contributed by atoms with van der Waals surface area (Å²) >= 11 is 1.79. The molecule has 16 heavy (non-hydrogen) atoms. The van der Waals surface area contributed by atoms with Crippen LogP contribution in [0.4, 0.5) is 0 Å². The Kier molecular flexibility index (Phi) is 3.02. The topological polar surface area (TPSA) is 12.9 Å². The van der Waals surface area contributed by atoms with Gasteiger partial charge in [-0.3, -0.25) is 0 Å². The van der Waals surface area contributed by atoms with Gasteiger partial charge in [0.1, 0.15) is 0 Å². The highest BCUT2D eigenvalue weighted by molar-refractivity contribution is 7.18. The summed E-state index contributed by atoms with van der Waals surface area (Å²) in [6.45, 7) is 8.95. The lowest BCUT2D eigenvalue weighted by Crippen LogP contribution is -2.06. The lowest BCUT2D eigenvalue weighted by atomic mass is 9.88. The zero-order valence-corrected chi connectivity index (χ0v) is 11.3. The van der Waals surface area contributed by atoms with Gasteiger partial charge in [-0.2, -0.15) is 0 Å². The Balaban J connectivity index is 2.30. The number of para-hydroxylation sites is 1. The zero-order valence-electron chi connectivity index (χ0n) is 10.5. The highest BCUT2D eigenvalue weighted by Gasteiger charge is 2.12. The summed E-state index contributed by atoms with van der Waals surface area (Å²) in [6, 6.07) is 6.53. The summed E-state index contributed by atoms with van der Waals surface area (Å²) < 4.78 is 1.32. The number of thiazole rings is 1. The fraction of sp³-hybridized carbons (Fsp3) is 0.500. The lowest BCUT2D eigenvalue weighted by molar-refractivity contribution is 0.378. The van der Waals surface area contributed by atoms with Crippen molar-refractivity contribution < 1.29 is 0 Å². The largest absolute Gasteiger partial charge is 0.241 e. The van der Waals surface area contributed by atoms with Gasteiger partial charge >= 0.3 is 0 Å². The van der Waals surface area contributed by atoms with Crippen LogP contribution in [0, 0.1) is 12.3 Å². The van der Waals surface area contributed by atoms with Crippen molar-refractivity contribution in [1.82, 2.24) is 4.98 Å². The van der Waals surface area contributed by atoms with Gasteiger partial charge in [0.2, 0.25) is 0 Å². The van der Waals surface area contributed by atoms with Gasteiger partial charge in [-0.25, -0.2) is 4.98 Å². The van der Waals surface area contributed by atoms with Crippen LogP contribution in [0.3, 0.4) is 0 Å². The molecule has 2 heteroatoms. The van der Waals surface area contributed by atoms with E-state index in [9.17, 15) is 0 Å². The molecule has 0 atom stereocenters. The summed E-state index contributed by atoms with van der Waals surface area (Å²) in [6.07, 6.45) is 2.34. The molecule has 0 radical (unpaired) electrons. The molecule has 0 aliphatic carbocycles. The Morgan fingerprint density at radius 2 is 2.00 bits per heavy atom. The van der Waals surface area contributed by atoms with Crippen molar-refractivity contribution in [2.45, 2.75) is 40.5 Å². The van der Waals surface area contributed by atoms with Crippen molar-refractivity contribution in [3.8, 4) is 0 Å². The average Bonchev–Trinajstić information content (AvgIpc) is 2.54. The van der Waals surface area contributed by atoms with E-state index >= 15 is 0 Å². The van der Waals surface area contributed by atoms with Crippen LogP contribution in [0.2, 0.25) is 0 Å². The molecule has 1 aromatic carbocycles. The summed E-state index contributed by atoms with van der Waals surface area (Å²) in [4.78, 5) is 4.63. The van der Waals surface area contributed by atoms with Crippen LogP contribution in [0.15, 0.2) is 18.2 Å². The predicted molar refractivity (Wildman–Crippen MR) is 72.1 cm³/mol. The van der Waals surface area contributed by atoms with Crippen LogP contribution in [0.25, 0.3) is 10.2 Å². The van der Waals surface area contributed by atoms with Crippen molar-refractivity contribution >= 4 is 21.6 Å². The fourth-order valence-corrected chi connectivity index (χ4v) is 2.70. The summed E-state index contributed by atoms with van der Waals surface area (Å²) in [5, 5.41) is 1.17. The molecular weight excluding hydrogens is 214 g/mol. The Labute approximate surface area is 102 Å². The molecular formula is C14H19NS.